The minimum atomic E-state index is -2.93. The quantitative estimate of drug-likeness (QED) is 0.873. The normalized spacial score (nSPS) is 19.7. The lowest BCUT2D eigenvalue weighted by Gasteiger charge is -2.27. The minimum absolute atomic E-state index is 0.0858. The van der Waals surface area contributed by atoms with Gasteiger partial charge in [0.2, 0.25) is 0 Å². The molecule has 0 fully saturated rings. The Bertz CT molecular complexity index is 884. The van der Waals surface area contributed by atoms with Crippen molar-refractivity contribution in [3.05, 3.63) is 65.2 Å². The van der Waals surface area contributed by atoms with E-state index in [0.29, 0.717) is 16.7 Å². The average Bonchev–Trinajstić information content (AvgIpc) is 2.87. The smallest absolute Gasteiger partial charge is 0.387 e. The highest BCUT2D eigenvalue weighted by Crippen LogP contribution is 2.41. The molecule has 27 heavy (non-hydrogen) atoms. The van der Waals surface area contributed by atoms with E-state index in [-0.39, 0.29) is 23.5 Å². The van der Waals surface area contributed by atoms with E-state index in [0.717, 1.165) is 0 Å². The van der Waals surface area contributed by atoms with Gasteiger partial charge in [0.05, 0.1) is 0 Å². The van der Waals surface area contributed by atoms with Gasteiger partial charge in [-0.05, 0) is 34.7 Å². The van der Waals surface area contributed by atoms with Crippen LogP contribution in [0.1, 0.15) is 36.5 Å². The number of hydrogen-bond donors (Lipinski definition) is 1. The summed E-state index contributed by atoms with van der Waals surface area (Å²) in [4.78, 5) is 19.0. The first kappa shape index (κ1) is 18.8. The van der Waals surface area contributed by atoms with Gasteiger partial charge < -0.3 is 10.5 Å². The summed E-state index contributed by atoms with van der Waals surface area (Å²) < 4.78 is 30.1. The third-order valence-electron chi connectivity index (χ3n) is 4.70. The van der Waals surface area contributed by atoms with Crippen LogP contribution in [0.15, 0.2) is 53.5 Å². The Morgan fingerprint density at radius 1 is 1.11 bits per heavy atom. The van der Waals surface area contributed by atoms with Crippen LogP contribution in [0.3, 0.4) is 0 Å². The number of ether oxygens (including phenoxy) is 1. The number of nitrogens with zero attached hydrogens (tertiary/aromatic N) is 2. The molecule has 0 spiro atoms. The molecular weight excluding hydrogens is 352 g/mol. The fourth-order valence-electron chi connectivity index (χ4n) is 3.29. The first-order valence-corrected chi connectivity index (χ1v) is 8.55. The van der Waals surface area contributed by atoms with E-state index in [1.54, 1.807) is 31.3 Å². The monoisotopic (exact) mass is 373 g/mol. The number of amides is 1. The summed E-state index contributed by atoms with van der Waals surface area (Å²) in [6.07, 6.45) is 0. The highest BCUT2D eigenvalue weighted by atomic mass is 19.3. The average molecular weight is 373 g/mol. The Hall–Kier alpha value is -2.96. The number of nitrogens with two attached hydrogens (primary N) is 1. The van der Waals surface area contributed by atoms with Crippen LogP contribution in [0.2, 0.25) is 0 Å². The lowest BCUT2D eigenvalue weighted by molar-refractivity contribution is -0.129. The SMILES string of the molecule is CC(C)c1cc([C@]2(c3ccccc3)N=C(N)N(C)C2=O)ccc1OC(F)F. The first-order valence-electron chi connectivity index (χ1n) is 8.55. The summed E-state index contributed by atoms with van der Waals surface area (Å²) >= 11 is 0. The van der Waals surface area contributed by atoms with Gasteiger partial charge in [-0.15, -0.1) is 0 Å². The van der Waals surface area contributed by atoms with E-state index >= 15 is 0 Å². The van der Waals surface area contributed by atoms with Gasteiger partial charge in [-0.2, -0.15) is 8.78 Å². The molecule has 0 radical (unpaired) electrons. The highest BCUT2D eigenvalue weighted by Gasteiger charge is 2.49. The lowest BCUT2D eigenvalue weighted by Crippen LogP contribution is -2.41. The molecule has 0 saturated heterocycles. The van der Waals surface area contributed by atoms with Gasteiger partial charge in [-0.1, -0.05) is 50.2 Å². The Morgan fingerprint density at radius 2 is 1.78 bits per heavy atom. The number of hydrogen-bond acceptors (Lipinski definition) is 4. The summed E-state index contributed by atoms with van der Waals surface area (Å²) in [7, 11) is 1.56. The third kappa shape index (κ3) is 3.13. The van der Waals surface area contributed by atoms with E-state index in [9.17, 15) is 13.6 Å². The minimum Gasteiger partial charge on any atom is -0.435 e. The summed E-state index contributed by atoms with van der Waals surface area (Å²) in [5, 5.41) is 0. The summed E-state index contributed by atoms with van der Waals surface area (Å²) in [5.41, 5.74) is 6.36. The van der Waals surface area contributed by atoms with Crippen molar-refractivity contribution in [2.45, 2.75) is 31.9 Å². The summed E-state index contributed by atoms with van der Waals surface area (Å²) in [5.74, 6) is -0.212. The number of benzene rings is 2. The molecule has 1 aliphatic rings. The number of carbonyl (C=O) groups is 1. The number of rotatable bonds is 5. The van der Waals surface area contributed by atoms with Crippen LogP contribution in [0.4, 0.5) is 8.78 Å². The topological polar surface area (TPSA) is 67.9 Å². The molecular formula is C20H21F2N3O2. The zero-order valence-corrected chi connectivity index (χ0v) is 15.3. The molecule has 5 nitrogen and oxygen atoms in total. The number of aliphatic imine (C=N–C) groups is 1. The van der Waals surface area contributed by atoms with Crippen LogP contribution < -0.4 is 10.5 Å². The summed E-state index contributed by atoms with van der Waals surface area (Å²) in [6.45, 7) is 0.809. The second-order valence-electron chi connectivity index (χ2n) is 6.70. The van der Waals surface area contributed by atoms with Gasteiger partial charge in [0.15, 0.2) is 11.5 Å². The number of halogens is 2. The molecule has 1 aliphatic heterocycles. The third-order valence-corrected chi connectivity index (χ3v) is 4.70. The number of guanidine groups is 1. The van der Waals surface area contributed by atoms with Gasteiger partial charge in [-0.25, -0.2) is 4.99 Å². The molecule has 0 aliphatic carbocycles. The van der Waals surface area contributed by atoms with Crippen LogP contribution in [0.5, 0.6) is 5.75 Å². The zero-order valence-electron chi connectivity index (χ0n) is 15.3. The molecule has 142 valence electrons. The van der Waals surface area contributed by atoms with Crippen LogP contribution in [-0.2, 0) is 10.3 Å². The molecule has 0 unspecified atom stereocenters. The predicted molar refractivity (Wildman–Crippen MR) is 98.8 cm³/mol. The Balaban J connectivity index is 2.23. The maximum atomic E-state index is 13.2. The van der Waals surface area contributed by atoms with Crippen LogP contribution >= 0.6 is 0 Å². The maximum Gasteiger partial charge on any atom is 0.387 e. The second kappa shape index (κ2) is 6.98. The van der Waals surface area contributed by atoms with E-state index in [1.807, 2.05) is 32.0 Å². The molecule has 0 bridgehead atoms. The molecule has 2 aromatic rings. The fraction of sp³-hybridized carbons (Fsp3) is 0.300. The van der Waals surface area contributed by atoms with E-state index in [4.69, 9.17) is 5.73 Å². The fourth-order valence-corrected chi connectivity index (χ4v) is 3.29. The Kier molecular flexibility index (Phi) is 4.87. The molecule has 1 atom stereocenters. The zero-order chi connectivity index (χ0) is 19.8. The van der Waals surface area contributed by atoms with Gasteiger partial charge >= 0.3 is 6.61 Å². The van der Waals surface area contributed by atoms with Gasteiger partial charge in [-0.3, -0.25) is 9.69 Å². The van der Waals surface area contributed by atoms with Gasteiger partial charge in [0.1, 0.15) is 5.75 Å². The molecule has 2 N–H and O–H groups in total. The van der Waals surface area contributed by atoms with Crippen LogP contribution in [0, 0.1) is 0 Å². The first-order chi connectivity index (χ1) is 12.8. The van der Waals surface area contributed by atoms with Crippen molar-refractivity contribution in [1.82, 2.24) is 4.90 Å². The van der Waals surface area contributed by atoms with Crippen molar-refractivity contribution in [2.75, 3.05) is 7.05 Å². The Morgan fingerprint density at radius 3 is 2.30 bits per heavy atom. The van der Waals surface area contributed by atoms with E-state index < -0.39 is 12.2 Å². The predicted octanol–water partition coefficient (Wildman–Crippen LogP) is 3.44. The number of carbonyl (C=O) groups excluding carboxylic acids is 1. The summed E-state index contributed by atoms with van der Waals surface area (Å²) in [6, 6.07) is 13.8. The van der Waals surface area contributed by atoms with Crippen molar-refractivity contribution in [1.29, 1.82) is 0 Å². The highest BCUT2D eigenvalue weighted by molar-refractivity contribution is 6.08. The molecule has 2 aromatic carbocycles. The van der Waals surface area contributed by atoms with Crippen molar-refractivity contribution in [3.8, 4) is 5.75 Å². The van der Waals surface area contributed by atoms with Crippen LogP contribution in [0.25, 0.3) is 0 Å². The molecule has 0 saturated carbocycles. The van der Waals surface area contributed by atoms with E-state index in [1.165, 1.54) is 11.0 Å². The molecule has 7 heteroatoms. The van der Waals surface area contributed by atoms with Crippen LogP contribution in [-0.4, -0.2) is 30.4 Å². The standard InChI is InChI=1S/C20H21F2N3O2/c1-12(2)15-11-14(9-10-16(15)27-18(21)22)20(13-7-5-4-6-8-13)17(26)25(3)19(23)24-20/h4-12,18H,1-3H3,(H2,23,24)/t20-/m0/s1. The maximum absolute atomic E-state index is 13.2. The van der Waals surface area contributed by atoms with Crippen molar-refractivity contribution < 1.29 is 18.3 Å². The largest absolute Gasteiger partial charge is 0.435 e. The van der Waals surface area contributed by atoms with Gasteiger partial charge in [0, 0.05) is 7.05 Å². The number of likely N-dealkylation sites (N-methyl/N-ethyl adjacent to an activating group) is 1. The second-order valence-corrected chi connectivity index (χ2v) is 6.70. The van der Waals surface area contributed by atoms with Crippen molar-refractivity contribution in [2.24, 2.45) is 10.7 Å². The lowest BCUT2D eigenvalue weighted by atomic mass is 9.81. The molecule has 1 heterocycles. The Labute approximate surface area is 156 Å². The molecule has 3 rings (SSSR count). The van der Waals surface area contributed by atoms with E-state index in [2.05, 4.69) is 9.73 Å². The van der Waals surface area contributed by atoms with Gasteiger partial charge in [0.25, 0.3) is 5.91 Å². The van der Waals surface area contributed by atoms with Crippen molar-refractivity contribution >= 4 is 11.9 Å². The van der Waals surface area contributed by atoms with Crippen molar-refractivity contribution in [3.63, 3.8) is 0 Å². The number of alkyl halides is 2. The molecule has 1 amide bonds. The molecule has 0 aromatic heterocycles.